The molecule has 34 heavy (non-hydrogen) atoms. The molecular formula is C25H19ClN6O2. The Morgan fingerprint density at radius 3 is 2.68 bits per heavy atom. The number of nitrogens with zero attached hydrogens (tertiary/aromatic N) is 5. The van der Waals surface area contributed by atoms with Crippen molar-refractivity contribution in [3.05, 3.63) is 88.8 Å². The predicted octanol–water partition coefficient (Wildman–Crippen LogP) is 3.79. The lowest BCUT2D eigenvalue weighted by Crippen LogP contribution is -2.53. The number of amides is 1. The zero-order valence-electron chi connectivity index (χ0n) is 17.9. The first-order valence-corrected chi connectivity index (χ1v) is 10.9. The topological polar surface area (TPSA) is 102 Å². The van der Waals surface area contributed by atoms with Crippen LogP contribution in [-0.2, 0) is 4.79 Å². The molecule has 0 aliphatic carbocycles. The van der Waals surface area contributed by atoms with E-state index < -0.39 is 6.10 Å². The van der Waals surface area contributed by atoms with E-state index in [-0.39, 0.29) is 24.7 Å². The third-order valence-corrected chi connectivity index (χ3v) is 5.96. The average Bonchev–Trinajstić information content (AvgIpc) is 3.22. The summed E-state index contributed by atoms with van der Waals surface area (Å²) < 4.78 is 1.90. The lowest BCUT2D eigenvalue weighted by Gasteiger charge is -2.35. The summed E-state index contributed by atoms with van der Waals surface area (Å²) >= 11 is 6.06. The highest BCUT2D eigenvalue weighted by atomic mass is 35.5. The lowest BCUT2D eigenvalue weighted by molar-refractivity contribution is -0.136. The summed E-state index contributed by atoms with van der Waals surface area (Å²) in [7, 11) is 0. The van der Waals surface area contributed by atoms with Gasteiger partial charge in [0.15, 0.2) is 5.65 Å². The number of benzene rings is 2. The van der Waals surface area contributed by atoms with E-state index in [1.165, 1.54) is 11.2 Å². The number of aliphatic hydroxyl groups is 1. The van der Waals surface area contributed by atoms with Crippen LogP contribution in [0.15, 0.2) is 66.8 Å². The molecule has 3 heterocycles. The minimum atomic E-state index is -0.523. The molecule has 1 fully saturated rings. The summed E-state index contributed by atoms with van der Waals surface area (Å²) in [6.07, 6.45) is 4.38. The van der Waals surface area contributed by atoms with Crippen molar-refractivity contribution in [1.29, 1.82) is 0 Å². The van der Waals surface area contributed by atoms with Crippen LogP contribution in [0.25, 0.3) is 38.8 Å². The van der Waals surface area contributed by atoms with Crippen molar-refractivity contribution < 1.29 is 9.90 Å². The Balaban J connectivity index is 1.58. The van der Waals surface area contributed by atoms with Crippen LogP contribution in [0.4, 0.5) is 5.82 Å². The van der Waals surface area contributed by atoms with Crippen LogP contribution in [0.3, 0.4) is 0 Å². The number of carbonyl (C=O) groups excluding carboxylic acids is 1. The lowest BCUT2D eigenvalue weighted by atomic mass is 10.1. The average molecular weight is 471 g/mol. The number of hydrogen-bond acceptors (Lipinski definition) is 5. The highest BCUT2D eigenvalue weighted by Gasteiger charge is 2.30. The Morgan fingerprint density at radius 2 is 1.97 bits per heavy atom. The molecule has 9 heteroatoms. The number of nitrogens with two attached hydrogens (primary N) is 1. The fraction of sp³-hybridized carbons (Fsp3) is 0.120. The third kappa shape index (κ3) is 3.88. The standard InChI is InChI=1S/C25H19ClN6O2/c1-28-21(25(34)31-11-19(33)12-31)10-15-3-2-4-18(9-15)32-13-20(16-5-7-17(26)8-6-16)22-23(27)29-14-30-24(22)32/h2-10,13-14,19,33H,11-12H2,(H2,27,29,30)/b21-10-. The number of likely N-dealkylation sites (tertiary alicyclic amines) is 1. The van der Waals surface area contributed by atoms with Crippen LogP contribution in [0.5, 0.6) is 0 Å². The number of aromatic nitrogens is 3. The minimum Gasteiger partial charge on any atom is -0.389 e. The summed E-state index contributed by atoms with van der Waals surface area (Å²) in [6, 6.07) is 14.9. The second kappa shape index (κ2) is 8.63. The van der Waals surface area contributed by atoms with Crippen molar-refractivity contribution >= 4 is 40.4 Å². The van der Waals surface area contributed by atoms with E-state index in [2.05, 4.69) is 14.8 Å². The summed E-state index contributed by atoms with van der Waals surface area (Å²) in [5, 5.41) is 10.8. The molecule has 168 valence electrons. The summed E-state index contributed by atoms with van der Waals surface area (Å²) in [6.45, 7) is 7.94. The molecule has 0 bridgehead atoms. The van der Waals surface area contributed by atoms with Crippen LogP contribution in [0.1, 0.15) is 5.56 Å². The maximum Gasteiger partial charge on any atom is 0.253 e. The van der Waals surface area contributed by atoms with Gasteiger partial charge in [-0.1, -0.05) is 35.9 Å². The van der Waals surface area contributed by atoms with E-state index in [9.17, 15) is 9.90 Å². The smallest absolute Gasteiger partial charge is 0.253 e. The number of hydrogen-bond donors (Lipinski definition) is 2. The quantitative estimate of drug-likeness (QED) is 0.349. The Morgan fingerprint density at radius 1 is 1.21 bits per heavy atom. The van der Waals surface area contributed by atoms with Crippen molar-refractivity contribution in [2.75, 3.05) is 18.8 Å². The first-order valence-electron chi connectivity index (χ1n) is 10.5. The molecule has 3 N–H and O–H groups in total. The molecule has 0 atom stereocenters. The van der Waals surface area contributed by atoms with Crippen molar-refractivity contribution in [1.82, 2.24) is 19.4 Å². The van der Waals surface area contributed by atoms with Crippen molar-refractivity contribution in [3.63, 3.8) is 0 Å². The van der Waals surface area contributed by atoms with Gasteiger partial charge in [-0.25, -0.2) is 14.8 Å². The molecular weight excluding hydrogens is 452 g/mol. The number of halogens is 1. The number of β-amino-alcohol motifs (C(OH)–C–C–N with tert-alkyl or cyclic N) is 1. The number of anilines is 1. The van der Waals surface area contributed by atoms with Gasteiger partial charge in [0.05, 0.1) is 18.1 Å². The number of aliphatic hydroxyl groups excluding tert-OH is 1. The number of rotatable bonds is 4. The second-order valence-electron chi connectivity index (χ2n) is 7.98. The van der Waals surface area contributed by atoms with E-state index >= 15 is 0 Å². The predicted molar refractivity (Wildman–Crippen MR) is 131 cm³/mol. The molecule has 4 aromatic rings. The van der Waals surface area contributed by atoms with Gasteiger partial charge < -0.3 is 20.3 Å². The SMILES string of the molecule is [C-]#[N+]/C(=C\c1cccc(-n2cc(-c3ccc(Cl)cc3)c3c(N)ncnc32)c1)C(=O)N1CC(O)C1. The molecule has 0 spiro atoms. The molecule has 0 unspecified atom stereocenters. The van der Waals surface area contributed by atoms with Gasteiger partial charge in [-0.05, 0) is 41.5 Å². The van der Waals surface area contributed by atoms with Gasteiger partial charge in [0.1, 0.15) is 12.1 Å². The second-order valence-corrected chi connectivity index (χ2v) is 8.41. The highest BCUT2D eigenvalue weighted by Crippen LogP contribution is 2.35. The maximum absolute atomic E-state index is 12.5. The summed E-state index contributed by atoms with van der Waals surface area (Å²) in [5.74, 6) is -0.0231. The van der Waals surface area contributed by atoms with Gasteiger partial charge in [-0.15, -0.1) is 0 Å². The van der Waals surface area contributed by atoms with Gasteiger partial charge in [0, 0.05) is 35.6 Å². The molecule has 8 nitrogen and oxygen atoms in total. The van der Waals surface area contributed by atoms with E-state index in [4.69, 9.17) is 23.9 Å². The van der Waals surface area contributed by atoms with Crippen LogP contribution in [0, 0.1) is 6.57 Å². The summed E-state index contributed by atoms with van der Waals surface area (Å²) in [5.41, 5.74) is 10.1. The zero-order chi connectivity index (χ0) is 23.8. The van der Waals surface area contributed by atoms with Gasteiger partial charge in [-0.3, -0.25) is 4.79 Å². The van der Waals surface area contributed by atoms with Crippen LogP contribution in [-0.4, -0.2) is 49.6 Å². The Labute approximate surface area is 200 Å². The van der Waals surface area contributed by atoms with Gasteiger partial charge >= 0.3 is 0 Å². The molecule has 1 amide bonds. The number of fused-ring (bicyclic) bond motifs is 1. The normalized spacial score (nSPS) is 14.1. The molecule has 1 aliphatic rings. The number of carbonyl (C=O) groups is 1. The van der Waals surface area contributed by atoms with E-state index in [0.717, 1.165) is 22.2 Å². The fourth-order valence-electron chi connectivity index (χ4n) is 3.98. The van der Waals surface area contributed by atoms with Gasteiger partial charge in [0.2, 0.25) is 0 Å². The Bertz CT molecular complexity index is 1480. The van der Waals surface area contributed by atoms with Gasteiger partial charge in [0.25, 0.3) is 11.6 Å². The molecule has 2 aromatic heterocycles. The van der Waals surface area contributed by atoms with E-state index in [1.807, 2.05) is 59.3 Å². The van der Waals surface area contributed by atoms with Crippen LogP contribution < -0.4 is 5.73 Å². The molecule has 1 aliphatic heterocycles. The Kier molecular flexibility index (Phi) is 5.49. The maximum atomic E-state index is 12.5. The van der Waals surface area contributed by atoms with Crippen LogP contribution in [0.2, 0.25) is 5.02 Å². The highest BCUT2D eigenvalue weighted by molar-refractivity contribution is 6.30. The van der Waals surface area contributed by atoms with Gasteiger partial charge in [-0.2, -0.15) is 0 Å². The summed E-state index contributed by atoms with van der Waals surface area (Å²) in [4.78, 5) is 26.0. The van der Waals surface area contributed by atoms with E-state index in [1.54, 1.807) is 6.08 Å². The van der Waals surface area contributed by atoms with Crippen molar-refractivity contribution in [2.24, 2.45) is 0 Å². The molecule has 0 radical (unpaired) electrons. The largest absolute Gasteiger partial charge is 0.389 e. The van der Waals surface area contributed by atoms with E-state index in [0.29, 0.717) is 22.1 Å². The monoisotopic (exact) mass is 470 g/mol. The molecule has 0 saturated carbocycles. The third-order valence-electron chi connectivity index (χ3n) is 5.71. The minimum absolute atomic E-state index is 0.00478. The first-order chi connectivity index (χ1) is 16.4. The first kappa shape index (κ1) is 21.6. The molecule has 1 saturated heterocycles. The number of nitrogen functional groups attached to an aromatic ring is 1. The van der Waals surface area contributed by atoms with Crippen LogP contribution >= 0.6 is 11.6 Å². The van der Waals surface area contributed by atoms with Crippen molar-refractivity contribution in [2.45, 2.75) is 6.10 Å². The Hall–Kier alpha value is -4.19. The van der Waals surface area contributed by atoms with Crippen molar-refractivity contribution in [3.8, 4) is 16.8 Å². The fourth-order valence-corrected chi connectivity index (χ4v) is 4.10. The molecule has 5 rings (SSSR count). The zero-order valence-corrected chi connectivity index (χ0v) is 18.6. The molecule has 2 aromatic carbocycles.